The molecule has 0 bridgehead atoms. The van der Waals surface area contributed by atoms with Crippen molar-refractivity contribution >= 4 is 16.8 Å². The number of halogens is 1. The van der Waals surface area contributed by atoms with Gasteiger partial charge in [-0.3, -0.25) is 0 Å². The van der Waals surface area contributed by atoms with Gasteiger partial charge in [-0.2, -0.15) is 0 Å². The van der Waals surface area contributed by atoms with Gasteiger partial charge in [0.1, 0.15) is 17.3 Å². The Labute approximate surface area is 115 Å². The van der Waals surface area contributed by atoms with Gasteiger partial charge in [0, 0.05) is 18.0 Å². The molecule has 0 radical (unpaired) electrons. The topological polar surface area (TPSA) is 51.0 Å². The van der Waals surface area contributed by atoms with Crippen molar-refractivity contribution in [1.82, 2.24) is 9.97 Å². The first kappa shape index (κ1) is 12.6. The lowest BCUT2D eigenvalue weighted by atomic mass is 10.2. The van der Waals surface area contributed by atoms with E-state index in [2.05, 4.69) is 15.3 Å². The standard InChI is InChI=1S/C15H14FN3O/c1-3-17-14-8-12(18-9(2)19-14)13-7-10-5-4-6-11(16)15(10)20-13/h4-8H,3H2,1-2H3,(H,17,18,19). The summed E-state index contributed by atoms with van der Waals surface area (Å²) in [6.07, 6.45) is 0. The minimum atomic E-state index is -0.369. The Morgan fingerprint density at radius 3 is 2.85 bits per heavy atom. The summed E-state index contributed by atoms with van der Waals surface area (Å²) >= 11 is 0. The zero-order valence-corrected chi connectivity index (χ0v) is 11.3. The van der Waals surface area contributed by atoms with E-state index in [9.17, 15) is 4.39 Å². The molecule has 0 atom stereocenters. The van der Waals surface area contributed by atoms with Gasteiger partial charge < -0.3 is 9.73 Å². The number of para-hydroxylation sites is 1. The zero-order valence-electron chi connectivity index (χ0n) is 11.3. The highest BCUT2D eigenvalue weighted by Gasteiger charge is 2.12. The van der Waals surface area contributed by atoms with E-state index < -0.39 is 0 Å². The number of nitrogens with zero attached hydrogens (tertiary/aromatic N) is 2. The van der Waals surface area contributed by atoms with Crippen LogP contribution in [0.4, 0.5) is 10.2 Å². The average molecular weight is 271 g/mol. The summed E-state index contributed by atoms with van der Waals surface area (Å²) in [5.41, 5.74) is 0.896. The third-order valence-corrected chi connectivity index (χ3v) is 2.94. The number of aryl methyl sites for hydroxylation is 1. The van der Waals surface area contributed by atoms with Crippen LogP contribution in [0.25, 0.3) is 22.4 Å². The SMILES string of the molecule is CCNc1cc(-c2cc3cccc(F)c3o2)nc(C)n1. The number of rotatable bonds is 3. The predicted octanol–water partition coefficient (Wildman–Crippen LogP) is 3.77. The summed E-state index contributed by atoms with van der Waals surface area (Å²) in [6, 6.07) is 8.43. The van der Waals surface area contributed by atoms with Crippen LogP contribution >= 0.6 is 0 Å². The summed E-state index contributed by atoms with van der Waals surface area (Å²) in [4.78, 5) is 8.63. The van der Waals surface area contributed by atoms with Crippen LogP contribution in [0.5, 0.6) is 0 Å². The van der Waals surface area contributed by atoms with E-state index >= 15 is 0 Å². The summed E-state index contributed by atoms with van der Waals surface area (Å²) in [5.74, 6) is 1.54. The lowest BCUT2D eigenvalue weighted by molar-refractivity contribution is 0.567. The lowest BCUT2D eigenvalue weighted by Gasteiger charge is -2.04. The number of furan rings is 1. The Morgan fingerprint density at radius 2 is 2.10 bits per heavy atom. The van der Waals surface area contributed by atoms with Crippen LogP contribution in [0.3, 0.4) is 0 Å². The Morgan fingerprint density at radius 1 is 1.25 bits per heavy atom. The minimum absolute atomic E-state index is 0.253. The molecule has 0 fully saturated rings. The van der Waals surface area contributed by atoms with Gasteiger partial charge in [0.15, 0.2) is 17.2 Å². The second-order valence-electron chi connectivity index (χ2n) is 4.48. The van der Waals surface area contributed by atoms with Crippen LogP contribution < -0.4 is 5.32 Å². The molecule has 3 rings (SSSR count). The van der Waals surface area contributed by atoms with Gasteiger partial charge in [-0.15, -0.1) is 0 Å². The lowest BCUT2D eigenvalue weighted by Crippen LogP contribution is -2.02. The van der Waals surface area contributed by atoms with Gasteiger partial charge in [-0.1, -0.05) is 12.1 Å². The average Bonchev–Trinajstić information content (AvgIpc) is 2.84. The Kier molecular flexibility index (Phi) is 3.10. The minimum Gasteiger partial charge on any atom is -0.451 e. The molecule has 0 aliphatic heterocycles. The van der Waals surface area contributed by atoms with Gasteiger partial charge >= 0.3 is 0 Å². The van der Waals surface area contributed by atoms with Crippen molar-refractivity contribution in [2.24, 2.45) is 0 Å². The maximum Gasteiger partial charge on any atom is 0.170 e. The molecule has 0 amide bonds. The predicted molar refractivity (Wildman–Crippen MR) is 76.1 cm³/mol. The first-order valence-corrected chi connectivity index (χ1v) is 6.45. The third-order valence-electron chi connectivity index (χ3n) is 2.94. The number of hydrogen-bond donors (Lipinski definition) is 1. The molecule has 5 heteroatoms. The van der Waals surface area contributed by atoms with Crippen LogP contribution in [0.15, 0.2) is 34.7 Å². The third kappa shape index (κ3) is 2.22. The summed E-state index contributed by atoms with van der Waals surface area (Å²) in [6.45, 7) is 4.58. The van der Waals surface area contributed by atoms with Gasteiger partial charge in [-0.25, -0.2) is 14.4 Å². The Hall–Kier alpha value is -2.43. The number of nitrogens with one attached hydrogen (secondary N) is 1. The van der Waals surface area contributed by atoms with Crippen LogP contribution in [-0.2, 0) is 0 Å². The molecule has 0 unspecified atom stereocenters. The van der Waals surface area contributed by atoms with Gasteiger partial charge in [-0.05, 0) is 26.0 Å². The molecule has 102 valence electrons. The molecule has 0 spiro atoms. The van der Waals surface area contributed by atoms with E-state index in [0.717, 1.165) is 17.7 Å². The van der Waals surface area contributed by atoms with E-state index in [4.69, 9.17) is 4.42 Å². The highest BCUT2D eigenvalue weighted by atomic mass is 19.1. The number of fused-ring (bicyclic) bond motifs is 1. The number of aromatic nitrogens is 2. The van der Waals surface area contributed by atoms with Crippen molar-refractivity contribution in [3.8, 4) is 11.5 Å². The largest absolute Gasteiger partial charge is 0.451 e. The molecule has 2 heterocycles. The summed E-state index contributed by atoms with van der Waals surface area (Å²) < 4.78 is 19.2. The molecular weight excluding hydrogens is 257 g/mol. The second-order valence-corrected chi connectivity index (χ2v) is 4.48. The Balaban J connectivity index is 2.12. The van der Waals surface area contributed by atoms with Gasteiger partial charge in [0.25, 0.3) is 0 Å². The highest BCUT2D eigenvalue weighted by Crippen LogP contribution is 2.29. The summed E-state index contributed by atoms with van der Waals surface area (Å²) in [5, 5.41) is 3.86. The molecule has 2 aromatic heterocycles. The van der Waals surface area contributed by atoms with Crippen molar-refractivity contribution in [3.63, 3.8) is 0 Å². The maximum absolute atomic E-state index is 13.7. The fourth-order valence-corrected chi connectivity index (χ4v) is 2.12. The molecule has 1 aromatic carbocycles. The van der Waals surface area contributed by atoms with Gasteiger partial charge in [0.05, 0.1) is 0 Å². The van der Waals surface area contributed by atoms with Crippen LogP contribution in [0.1, 0.15) is 12.7 Å². The van der Waals surface area contributed by atoms with E-state index in [1.54, 1.807) is 18.2 Å². The molecule has 0 saturated carbocycles. The van der Waals surface area contributed by atoms with Gasteiger partial charge in [0.2, 0.25) is 0 Å². The van der Waals surface area contributed by atoms with Crippen LogP contribution in [-0.4, -0.2) is 16.5 Å². The van der Waals surface area contributed by atoms with Crippen molar-refractivity contribution in [3.05, 3.63) is 42.0 Å². The van der Waals surface area contributed by atoms with E-state index in [1.807, 2.05) is 19.9 Å². The molecule has 20 heavy (non-hydrogen) atoms. The fourth-order valence-electron chi connectivity index (χ4n) is 2.12. The molecule has 3 aromatic rings. The normalized spacial score (nSPS) is 10.9. The van der Waals surface area contributed by atoms with Crippen molar-refractivity contribution in [2.75, 3.05) is 11.9 Å². The molecule has 0 aliphatic carbocycles. The van der Waals surface area contributed by atoms with E-state index in [1.165, 1.54) is 6.07 Å². The molecule has 0 saturated heterocycles. The molecule has 4 nitrogen and oxygen atoms in total. The first-order chi connectivity index (χ1) is 9.67. The highest BCUT2D eigenvalue weighted by molar-refractivity contribution is 5.82. The van der Waals surface area contributed by atoms with Crippen molar-refractivity contribution in [1.29, 1.82) is 0 Å². The second kappa shape index (κ2) is 4.92. The maximum atomic E-state index is 13.7. The molecule has 1 N–H and O–H groups in total. The quantitative estimate of drug-likeness (QED) is 0.787. The van der Waals surface area contributed by atoms with E-state index in [-0.39, 0.29) is 11.4 Å². The monoisotopic (exact) mass is 271 g/mol. The molecule has 0 aliphatic rings. The Bertz CT molecular complexity index is 767. The van der Waals surface area contributed by atoms with Crippen molar-refractivity contribution < 1.29 is 8.81 Å². The summed E-state index contributed by atoms with van der Waals surface area (Å²) in [7, 11) is 0. The number of anilines is 1. The zero-order chi connectivity index (χ0) is 14.1. The van der Waals surface area contributed by atoms with Crippen molar-refractivity contribution in [2.45, 2.75) is 13.8 Å². The van der Waals surface area contributed by atoms with Crippen LogP contribution in [0.2, 0.25) is 0 Å². The number of hydrogen-bond acceptors (Lipinski definition) is 4. The molecular formula is C15H14FN3O. The fraction of sp³-hybridized carbons (Fsp3) is 0.200. The van der Waals surface area contributed by atoms with Crippen LogP contribution in [0, 0.1) is 12.7 Å². The van der Waals surface area contributed by atoms with E-state index in [0.29, 0.717) is 17.3 Å². The first-order valence-electron chi connectivity index (χ1n) is 6.45. The number of benzene rings is 1. The smallest absolute Gasteiger partial charge is 0.170 e.